The van der Waals surface area contributed by atoms with Crippen LogP contribution in [-0.2, 0) is 19.2 Å². The van der Waals surface area contributed by atoms with Crippen LogP contribution >= 0.6 is 0 Å². The molecule has 1 saturated heterocycles. The van der Waals surface area contributed by atoms with E-state index in [0.29, 0.717) is 32.5 Å². The van der Waals surface area contributed by atoms with Crippen LogP contribution < -0.4 is 5.32 Å². The molecule has 1 fully saturated rings. The van der Waals surface area contributed by atoms with Crippen molar-refractivity contribution in [3.8, 4) is 0 Å². The number of amides is 1. The SMILES string of the molecule is CCOC(=O)CCCNC(=O)CN1CC(O)CO1. The van der Waals surface area contributed by atoms with Crippen LogP contribution in [0.5, 0.6) is 0 Å². The Morgan fingerprint density at radius 3 is 2.94 bits per heavy atom. The highest BCUT2D eigenvalue weighted by atomic mass is 16.7. The molecular weight excluding hydrogens is 240 g/mol. The zero-order valence-electron chi connectivity index (χ0n) is 10.6. The molecule has 104 valence electrons. The van der Waals surface area contributed by atoms with Gasteiger partial charge in [0.25, 0.3) is 0 Å². The molecule has 0 aromatic heterocycles. The van der Waals surface area contributed by atoms with Gasteiger partial charge in [-0.25, -0.2) is 0 Å². The predicted octanol–water partition coefficient (Wildman–Crippen LogP) is -0.946. The second-order valence-corrected chi connectivity index (χ2v) is 4.03. The number of aliphatic hydroxyl groups excluding tert-OH is 1. The van der Waals surface area contributed by atoms with Gasteiger partial charge >= 0.3 is 5.97 Å². The molecule has 0 aromatic carbocycles. The Balaban J connectivity index is 2.01. The summed E-state index contributed by atoms with van der Waals surface area (Å²) in [6.07, 6.45) is 0.322. The predicted molar refractivity (Wildman–Crippen MR) is 62.4 cm³/mol. The molecule has 0 radical (unpaired) electrons. The van der Waals surface area contributed by atoms with Crippen molar-refractivity contribution in [1.29, 1.82) is 0 Å². The first kappa shape index (κ1) is 14.9. The first-order valence-corrected chi connectivity index (χ1v) is 6.10. The first-order valence-electron chi connectivity index (χ1n) is 6.10. The van der Waals surface area contributed by atoms with Gasteiger partial charge in [-0.3, -0.25) is 14.4 Å². The van der Waals surface area contributed by atoms with E-state index < -0.39 is 6.10 Å². The van der Waals surface area contributed by atoms with Crippen molar-refractivity contribution >= 4 is 11.9 Å². The fourth-order valence-corrected chi connectivity index (χ4v) is 1.55. The lowest BCUT2D eigenvalue weighted by atomic mass is 10.3. The van der Waals surface area contributed by atoms with Gasteiger partial charge in [-0.2, -0.15) is 5.06 Å². The van der Waals surface area contributed by atoms with Crippen molar-refractivity contribution in [2.75, 3.05) is 32.8 Å². The van der Waals surface area contributed by atoms with Gasteiger partial charge in [0.1, 0.15) is 6.54 Å². The number of hydroxylamine groups is 2. The molecular formula is C11H20N2O5. The maximum atomic E-state index is 11.4. The van der Waals surface area contributed by atoms with Crippen LogP contribution in [-0.4, -0.2) is 61.0 Å². The van der Waals surface area contributed by atoms with E-state index in [2.05, 4.69) is 5.32 Å². The topological polar surface area (TPSA) is 88.1 Å². The van der Waals surface area contributed by atoms with Crippen LogP contribution in [0.15, 0.2) is 0 Å². The molecule has 1 aliphatic heterocycles. The number of ether oxygens (including phenoxy) is 1. The summed E-state index contributed by atoms with van der Waals surface area (Å²) in [5.41, 5.74) is 0. The normalized spacial score (nSPS) is 19.8. The van der Waals surface area contributed by atoms with Crippen LogP contribution in [0.4, 0.5) is 0 Å². The molecule has 0 bridgehead atoms. The van der Waals surface area contributed by atoms with Crippen LogP contribution in [0.3, 0.4) is 0 Å². The standard InChI is InChI=1S/C11H20N2O5/c1-2-17-11(16)4-3-5-12-10(15)7-13-6-9(14)8-18-13/h9,14H,2-8H2,1H3,(H,12,15). The number of hydrogen-bond donors (Lipinski definition) is 2. The van der Waals surface area contributed by atoms with Crippen LogP contribution in [0.2, 0.25) is 0 Å². The number of rotatable bonds is 7. The number of hydrogen-bond acceptors (Lipinski definition) is 6. The van der Waals surface area contributed by atoms with Crippen molar-refractivity contribution in [2.24, 2.45) is 0 Å². The van der Waals surface area contributed by atoms with Crippen molar-refractivity contribution in [2.45, 2.75) is 25.9 Å². The lowest BCUT2D eigenvalue weighted by Gasteiger charge is -2.12. The highest BCUT2D eigenvalue weighted by molar-refractivity contribution is 5.78. The number of nitrogens with one attached hydrogen (secondary N) is 1. The van der Waals surface area contributed by atoms with E-state index >= 15 is 0 Å². The van der Waals surface area contributed by atoms with Crippen LogP contribution in [0, 0.1) is 0 Å². The number of β-amino-alcohol motifs (C(OH)–C–C–N with tert-alkyl or cyclic N) is 1. The summed E-state index contributed by atoms with van der Waals surface area (Å²) in [6.45, 7) is 3.22. The summed E-state index contributed by atoms with van der Waals surface area (Å²) in [5, 5.41) is 13.3. The van der Waals surface area contributed by atoms with Gasteiger partial charge in [-0.05, 0) is 13.3 Å². The summed E-state index contributed by atoms with van der Waals surface area (Å²) in [5.74, 6) is -0.439. The Kier molecular flexibility index (Phi) is 6.63. The summed E-state index contributed by atoms with van der Waals surface area (Å²) in [4.78, 5) is 27.5. The number of esters is 1. The van der Waals surface area contributed by atoms with E-state index in [-0.39, 0.29) is 25.0 Å². The smallest absolute Gasteiger partial charge is 0.305 e. The quantitative estimate of drug-likeness (QED) is 0.453. The number of aliphatic hydroxyl groups is 1. The highest BCUT2D eigenvalue weighted by Crippen LogP contribution is 2.03. The van der Waals surface area contributed by atoms with E-state index in [9.17, 15) is 14.7 Å². The molecule has 18 heavy (non-hydrogen) atoms. The molecule has 1 heterocycles. The second-order valence-electron chi connectivity index (χ2n) is 4.03. The monoisotopic (exact) mass is 260 g/mol. The Hall–Kier alpha value is -1.18. The molecule has 0 aliphatic carbocycles. The third-order valence-corrected chi connectivity index (χ3v) is 2.37. The summed E-state index contributed by atoms with van der Waals surface area (Å²) in [6, 6.07) is 0. The average molecular weight is 260 g/mol. The minimum absolute atomic E-state index is 0.0937. The lowest BCUT2D eigenvalue weighted by Crippen LogP contribution is -2.36. The van der Waals surface area contributed by atoms with E-state index in [1.165, 1.54) is 5.06 Å². The van der Waals surface area contributed by atoms with Crippen molar-refractivity contribution in [3.05, 3.63) is 0 Å². The molecule has 1 amide bonds. The Bertz CT molecular complexity index is 285. The molecule has 7 heteroatoms. The maximum Gasteiger partial charge on any atom is 0.305 e. The molecule has 1 rings (SSSR count). The molecule has 0 spiro atoms. The lowest BCUT2D eigenvalue weighted by molar-refractivity contribution is -0.144. The minimum Gasteiger partial charge on any atom is -0.466 e. The van der Waals surface area contributed by atoms with Crippen molar-refractivity contribution in [1.82, 2.24) is 10.4 Å². The first-order chi connectivity index (χ1) is 8.61. The van der Waals surface area contributed by atoms with Crippen molar-refractivity contribution in [3.63, 3.8) is 0 Å². The molecule has 0 aromatic rings. The molecule has 1 aliphatic rings. The number of carbonyl (C=O) groups is 2. The summed E-state index contributed by atoms with van der Waals surface area (Å²) >= 11 is 0. The fraction of sp³-hybridized carbons (Fsp3) is 0.818. The minimum atomic E-state index is -0.526. The molecule has 1 unspecified atom stereocenters. The van der Waals surface area contributed by atoms with Gasteiger partial charge in [-0.1, -0.05) is 0 Å². The van der Waals surface area contributed by atoms with Crippen LogP contribution in [0.25, 0.3) is 0 Å². The zero-order valence-corrected chi connectivity index (χ0v) is 10.6. The summed E-state index contributed by atoms with van der Waals surface area (Å²) < 4.78 is 4.76. The third-order valence-electron chi connectivity index (χ3n) is 2.37. The van der Waals surface area contributed by atoms with Crippen LogP contribution in [0.1, 0.15) is 19.8 Å². The Morgan fingerprint density at radius 2 is 2.33 bits per heavy atom. The van der Waals surface area contributed by atoms with E-state index in [0.717, 1.165) is 0 Å². The summed E-state index contributed by atoms with van der Waals surface area (Å²) in [7, 11) is 0. The van der Waals surface area contributed by atoms with Gasteiger partial charge in [0.2, 0.25) is 5.91 Å². The van der Waals surface area contributed by atoms with Gasteiger partial charge in [0.15, 0.2) is 0 Å². The molecule has 2 N–H and O–H groups in total. The van der Waals surface area contributed by atoms with Gasteiger partial charge in [0, 0.05) is 13.0 Å². The third kappa shape index (κ3) is 5.95. The van der Waals surface area contributed by atoms with Crippen molar-refractivity contribution < 1.29 is 24.3 Å². The Morgan fingerprint density at radius 1 is 1.56 bits per heavy atom. The van der Waals surface area contributed by atoms with E-state index in [4.69, 9.17) is 9.57 Å². The number of carbonyl (C=O) groups excluding carboxylic acids is 2. The molecule has 7 nitrogen and oxygen atoms in total. The van der Waals surface area contributed by atoms with Gasteiger partial charge < -0.3 is 15.2 Å². The molecule has 1 atom stereocenters. The van der Waals surface area contributed by atoms with Gasteiger partial charge in [-0.15, -0.1) is 0 Å². The maximum absolute atomic E-state index is 11.4. The van der Waals surface area contributed by atoms with Gasteiger partial charge in [0.05, 0.1) is 25.9 Å². The van der Waals surface area contributed by atoms with E-state index in [1.807, 2.05) is 0 Å². The second kappa shape index (κ2) is 8.02. The molecule has 0 saturated carbocycles. The average Bonchev–Trinajstić information content (AvgIpc) is 2.70. The highest BCUT2D eigenvalue weighted by Gasteiger charge is 2.22. The zero-order chi connectivity index (χ0) is 13.4. The largest absolute Gasteiger partial charge is 0.466 e. The Labute approximate surface area is 106 Å². The van der Waals surface area contributed by atoms with E-state index in [1.54, 1.807) is 6.92 Å². The fourth-order valence-electron chi connectivity index (χ4n) is 1.55. The number of nitrogens with zero attached hydrogens (tertiary/aromatic N) is 1.